The summed E-state index contributed by atoms with van der Waals surface area (Å²) in [5.74, 6) is 0. The van der Waals surface area contributed by atoms with E-state index >= 15 is 0 Å². The predicted octanol–water partition coefficient (Wildman–Crippen LogP) is 4.59. The van der Waals surface area contributed by atoms with E-state index in [0.717, 1.165) is 0 Å². The molecule has 0 atom stereocenters. The Bertz CT molecular complexity index is 227. The van der Waals surface area contributed by atoms with E-state index in [0.29, 0.717) is 0 Å². The van der Waals surface area contributed by atoms with Crippen LogP contribution in [0.25, 0.3) is 0 Å². The first-order valence-electron chi connectivity index (χ1n) is 3.75. The fraction of sp³-hybridized carbons (Fsp3) is 0.636. The van der Waals surface area contributed by atoms with Gasteiger partial charge in [0, 0.05) is 26.2 Å². The maximum Gasteiger partial charge on any atom is 0 e. The summed E-state index contributed by atoms with van der Waals surface area (Å²) in [6.45, 7) is 10.9. The van der Waals surface area contributed by atoms with Gasteiger partial charge in [-0.2, -0.15) is 11.1 Å². The van der Waals surface area contributed by atoms with Crippen LogP contribution >= 0.6 is 24.8 Å². The zero-order valence-corrected chi connectivity index (χ0v) is 12.9. The third-order valence-corrected chi connectivity index (χ3v) is 2.56. The Morgan fingerprint density at radius 2 is 1.36 bits per heavy atom. The second-order valence-corrected chi connectivity index (χ2v) is 3.62. The maximum absolute atomic E-state index is 3.44. The Hall–Kier alpha value is 0.943. The molecular weight excluding hydrogens is 294 g/mol. The van der Waals surface area contributed by atoms with Crippen LogP contribution in [0.1, 0.15) is 42.0 Å². The zero-order valence-electron chi connectivity index (χ0n) is 8.82. The molecule has 1 aliphatic carbocycles. The summed E-state index contributed by atoms with van der Waals surface area (Å²) in [6, 6.07) is 0. The van der Waals surface area contributed by atoms with Crippen molar-refractivity contribution in [2.24, 2.45) is 5.41 Å². The van der Waals surface area contributed by atoms with Gasteiger partial charge in [-0.3, -0.25) is 6.08 Å². The van der Waals surface area contributed by atoms with E-state index in [9.17, 15) is 0 Å². The summed E-state index contributed by atoms with van der Waals surface area (Å²) < 4.78 is 0. The average Bonchev–Trinajstić information content (AvgIpc) is 1.95. The molecule has 3 heteroatoms. The first-order valence-corrected chi connectivity index (χ1v) is 3.75. The van der Waals surface area contributed by atoms with Gasteiger partial charge in [0.1, 0.15) is 0 Å². The average molecular weight is 315 g/mol. The van der Waals surface area contributed by atoms with Crippen molar-refractivity contribution in [3.63, 3.8) is 0 Å². The standard InChI is InChI=1S/C10H15.CH4.2ClH.Zr/c1-7-6-10(4,5)9(3)8(7)2;;;;/h1-5H3;1H4;2*1H;/q-1;;;;. The van der Waals surface area contributed by atoms with Crippen LogP contribution in [-0.4, -0.2) is 0 Å². The van der Waals surface area contributed by atoms with E-state index in [1.54, 1.807) is 0 Å². The fourth-order valence-electron chi connectivity index (χ4n) is 1.41. The molecule has 0 saturated carbocycles. The molecule has 0 aromatic rings. The van der Waals surface area contributed by atoms with Crippen LogP contribution in [0.15, 0.2) is 16.7 Å². The zero-order chi connectivity index (χ0) is 7.94. The number of allylic oxidation sites excluding steroid dienone is 4. The molecule has 1 rings (SSSR count). The van der Waals surface area contributed by atoms with Crippen LogP contribution in [0.2, 0.25) is 0 Å². The van der Waals surface area contributed by atoms with Gasteiger partial charge in [0.2, 0.25) is 0 Å². The first-order chi connectivity index (χ1) is 4.45. The Morgan fingerprint density at radius 1 is 1.00 bits per heavy atom. The molecule has 0 spiro atoms. The van der Waals surface area contributed by atoms with Crippen molar-refractivity contribution in [1.29, 1.82) is 0 Å². The third kappa shape index (κ3) is 4.64. The molecule has 0 aliphatic heterocycles. The normalized spacial score (nSPS) is 16.8. The van der Waals surface area contributed by atoms with Gasteiger partial charge in [0.05, 0.1) is 0 Å². The molecule has 0 N–H and O–H groups in total. The van der Waals surface area contributed by atoms with E-state index < -0.39 is 0 Å². The summed E-state index contributed by atoms with van der Waals surface area (Å²) in [5.41, 5.74) is 4.39. The molecule has 0 nitrogen and oxygen atoms in total. The first kappa shape index (κ1) is 24.3. The van der Waals surface area contributed by atoms with E-state index in [1.807, 2.05) is 0 Å². The molecule has 0 saturated heterocycles. The minimum absolute atomic E-state index is 0. The molecule has 0 amide bonds. The number of halogens is 2. The van der Waals surface area contributed by atoms with Gasteiger partial charge < -0.3 is 0 Å². The Labute approximate surface area is 121 Å². The molecular formula is C11H21Cl2Zr-. The van der Waals surface area contributed by atoms with Crippen molar-refractivity contribution >= 4 is 24.8 Å². The third-order valence-electron chi connectivity index (χ3n) is 2.56. The molecule has 14 heavy (non-hydrogen) atoms. The Balaban J connectivity index is -0.000000125. The topological polar surface area (TPSA) is 0 Å². The van der Waals surface area contributed by atoms with Crippen molar-refractivity contribution in [1.82, 2.24) is 0 Å². The molecule has 0 aromatic heterocycles. The maximum atomic E-state index is 3.44. The van der Waals surface area contributed by atoms with E-state index in [4.69, 9.17) is 0 Å². The minimum atomic E-state index is 0. The van der Waals surface area contributed by atoms with Crippen LogP contribution < -0.4 is 0 Å². The Morgan fingerprint density at radius 3 is 1.43 bits per heavy atom. The minimum Gasteiger partial charge on any atom is -0.263 e. The van der Waals surface area contributed by atoms with E-state index in [2.05, 4.69) is 40.7 Å². The quantitative estimate of drug-likeness (QED) is 0.574. The van der Waals surface area contributed by atoms with Crippen LogP contribution in [-0.2, 0) is 26.2 Å². The largest absolute Gasteiger partial charge is 0.263 e. The molecule has 1 aliphatic rings. The monoisotopic (exact) mass is 313 g/mol. The van der Waals surface area contributed by atoms with Gasteiger partial charge >= 0.3 is 0 Å². The van der Waals surface area contributed by atoms with Gasteiger partial charge in [-0.1, -0.05) is 40.5 Å². The van der Waals surface area contributed by atoms with Gasteiger partial charge in [-0.05, 0) is 0 Å². The summed E-state index contributed by atoms with van der Waals surface area (Å²) in [6.07, 6.45) is 3.44. The summed E-state index contributed by atoms with van der Waals surface area (Å²) >= 11 is 0. The summed E-state index contributed by atoms with van der Waals surface area (Å²) in [4.78, 5) is 0. The molecule has 0 radical (unpaired) electrons. The second kappa shape index (κ2) is 8.14. The van der Waals surface area contributed by atoms with Crippen LogP contribution in [0.3, 0.4) is 0 Å². The number of hydrogen-bond donors (Lipinski definition) is 0. The van der Waals surface area contributed by atoms with Crippen LogP contribution in [0.4, 0.5) is 0 Å². The van der Waals surface area contributed by atoms with Crippen molar-refractivity contribution in [3.8, 4) is 0 Å². The molecule has 0 unspecified atom stereocenters. The second-order valence-electron chi connectivity index (χ2n) is 3.62. The Kier molecular flexibility index (Phi) is 14.1. The van der Waals surface area contributed by atoms with Crippen molar-refractivity contribution < 1.29 is 26.2 Å². The molecule has 0 heterocycles. The van der Waals surface area contributed by atoms with Gasteiger partial charge in [-0.15, -0.1) is 31.7 Å². The van der Waals surface area contributed by atoms with E-state index in [-0.39, 0.29) is 63.9 Å². The predicted molar refractivity (Wildman–Crippen MR) is 65.8 cm³/mol. The number of hydrogen-bond acceptors (Lipinski definition) is 0. The van der Waals surface area contributed by atoms with E-state index in [1.165, 1.54) is 16.7 Å². The molecule has 84 valence electrons. The van der Waals surface area contributed by atoms with Crippen molar-refractivity contribution in [2.45, 2.75) is 42.0 Å². The van der Waals surface area contributed by atoms with Gasteiger partial charge in [0.15, 0.2) is 0 Å². The SMILES string of the molecule is C.CC1=[C-]C(C)(C)C(C)=C1C.Cl.Cl.[Zr]. The molecule has 0 fully saturated rings. The molecule has 0 aromatic carbocycles. The van der Waals surface area contributed by atoms with Crippen LogP contribution in [0, 0.1) is 11.5 Å². The van der Waals surface area contributed by atoms with Crippen LogP contribution in [0.5, 0.6) is 0 Å². The summed E-state index contributed by atoms with van der Waals surface area (Å²) in [5, 5.41) is 0. The van der Waals surface area contributed by atoms with Crippen molar-refractivity contribution in [2.75, 3.05) is 0 Å². The summed E-state index contributed by atoms with van der Waals surface area (Å²) in [7, 11) is 0. The fourth-order valence-corrected chi connectivity index (χ4v) is 1.41. The smallest absolute Gasteiger partial charge is 0 e. The number of rotatable bonds is 0. The van der Waals surface area contributed by atoms with Gasteiger partial charge in [0.25, 0.3) is 0 Å². The van der Waals surface area contributed by atoms with Gasteiger partial charge in [-0.25, -0.2) is 5.57 Å². The molecule has 0 bridgehead atoms. The van der Waals surface area contributed by atoms with Crippen molar-refractivity contribution in [3.05, 3.63) is 22.8 Å².